The summed E-state index contributed by atoms with van der Waals surface area (Å²) in [6, 6.07) is 1.97. The predicted molar refractivity (Wildman–Crippen MR) is 87.4 cm³/mol. The Balaban J connectivity index is 1.70. The standard InChI is InChI=1S/C15H19N3O2S2/c1-2-4-11-13(22-18-17-11)14(19)16-9-15(20)7-3-5-12-10(15)6-8-21-12/h6,8,20H,2-5,7,9H2,1H3,(H,16,19). The lowest BCUT2D eigenvalue weighted by atomic mass is 9.83. The molecule has 0 saturated heterocycles. The highest BCUT2D eigenvalue weighted by atomic mass is 32.1. The number of aryl methyl sites for hydroxylation is 2. The summed E-state index contributed by atoms with van der Waals surface area (Å²) in [5.74, 6) is -0.186. The molecule has 1 aliphatic carbocycles. The number of thiophene rings is 1. The van der Waals surface area contributed by atoms with Gasteiger partial charge in [-0.15, -0.1) is 16.4 Å². The smallest absolute Gasteiger partial charge is 0.265 e. The highest BCUT2D eigenvalue weighted by molar-refractivity contribution is 7.10. The third kappa shape index (κ3) is 2.93. The lowest BCUT2D eigenvalue weighted by molar-refractivity contribution is 0.0198. The number of rotatable bonds is 5. The van der Waals surface area contributed by atoms with Gasteiger partial charge in [0.1, 0.15) is 10.5 Å². The van der Waals surface area contributed by atoms with E-state index in [1.807, 2.05) is 18.4 Å². The second kappa shape index (κ2) is 6.44. The number of aromatic nitrogens is 2. The quantitative estimate of drug-likeness (QED) is 0.879. The van der Waals surface area contributed by atoms with E-state index in [1.54, 1.807) is 11.3 Å². The van der Waals surface area contributed by atoms with Gasteiger partial charge in [-0.25, -0.2) is 0 Å². The maximum Gasteiger partial charge on any atom is 0.265 e. The summed E-state index contributed by atoms with van der Waals surface area (Å²) in [6.07, 6.45) is 4.32. The molecule has 118 valence electrons. The molecule has 0 saturated carbocycles. The lowest BCUT2D eigenvalue weighted by Crippen LogP contribution is -2.42. The number of carbonyl (C=O) groups excluding carboxylic acids is 1. The maximum atomic E-state index is 12.3. The zero-order valence-electron chi connectivity index (χ0n) is 12.5. The Morgan fingerprint density at radius 2 is 2.41 bits per heavy atom. The van der Waals surface area contributed by atoms with Crippen LogP contribution in [-0.2, 0) is 18.4 Å². The highest BCUT2D eigenvalue weighted by Gasteiger charge is 2.35. The fourth-order valence-electron chi connectivity index (χ4n) is 2.90. The van der Waals surface area contributed by atoms with Gasteiger partial charge >= 0.3 is 0 Å². The average Bonchev–Trinajstić information content (AvgIpc) is 3.15. The van der Waals surface area contributed by atoms with Gasteiger partial charge in [-0.2, -0.15) is 0 Å². The van der Waals surface area contributed by atoms with Crippen LogP contribution in [0.25, 0.3) is 0 Å². The van der Waals surface area contributed by atoms with Crippen molar-refractivity contribution in [3.63, 3.8) is 0 Å². The largest absolute Gasteiger partial charge is 0.383 e. The van der Waals surface area contributed by atoms with Gasteiger partial charge < -0.3 is 10.4 Å². The molecule has 0 spiro atoms. The Kier molecular flexibility index (Phi) is 4.56. The second-order valence-corrected chi connectivity index (χ2v) is 7.38. The molecule has 1 atom stereocenters. The Labute approximate surface area is 137 Å². The van der Waals surface area contributed by atoms with Crippen LogP contribution in [-0.4, -0.2) is 27.1 Å². The van der Waals surface area contributed by atoms with Gasteiger partial charge in [-0.05, 0) is 54.2 Å². The van der Waals surface area contributed by atoms with Crippen LogP contribution in [0.5, 0.6) is 0 Å². The summed E-state index contributed by atoms with van der Waals surface area (Å²) >= 11 is 2.80. The van der Waals surface area contributed by atoms with E-state index in [0.717, 1.165) is 48.5 Å². The second-order valence-electron chi connectivity index (χ2n) is 5.62. The molecule has 1 amide bonds. The summed E-state index contributed by atoms with van der Waals surface area (Å²) in [7, 11) is 0. The molecule has 1 aliphatic rings. The Hall–Kier alpha value is -1.31. The normalized spacial score (nSPS) is 20.6. The van der Waals surface area contributed by atoms with Crippen molar-refractivity contribution in [2.45, 2.75) is 44.6 Å². The van der Waals surface area contributed by atoms with Crippen LogP contribution in [0.3, 0.4) is 0 Å². The zero-order valence-corrected chi connectivity index (χ0v) is 14.1. The number of amides is 1. The summed E-state index contributed by atoms with van der Waals surface area (Å²) < 4.78 is 3.87. The first-order valence-corrected chi connectivity index (χ1v) is 9.18. The van der Waals surface area contributed by atoms with Crippen molar-refractivity contribution in [1.29, 1.82) is 0 Å². The van der Waals surface area contributed by atoms with Gasteiger partial charge in [0.2, 0.25) is 0 Å². The molecular weight excluding hydrogens is 318 g/mol. The minimum atomic E-state index is -0.952. The van der Waals surface area contributed by atoms with Crippen LogP contribution in [0.1, 0.15) is 52.0 Å². The SMILES string of the molecule is CCCc1nnsc1C(=O)NCC1(O)CCCc2sccc21. The van der Waals surface area contributed by atoms with Crippen molar-refractivity contribution in [3.8, 4) is 0 Å². The van der Waals surface area contributed by atoms with Gasteiger partial charge in [0.25, 0.3) is 5.91 Å². The number of hydrogen-bond donors (Lipinski definition) is 2. The molecule has 0 aliphatic heterocycles. The molecule has 5 nitrogen and oxygen atoms in total. The predicted octanol–water partition coefficient (Wildman–Crippen LogP) is 2.51. The third-order valence-corrected chi connectivity index (χ3v) is 5.78. The molecular formula is C15H19N3O2S2. The topological polar surface area (TPSA) is 75.1 Å². The monoisotopic (exact) mass is 337 g/mol. The summed E-state index contributed by atoms with van der Waals surface area (Å²) in [4.78, 5) is 14.1. The maximum absolute atomic E-state index is 12.3. The molecule has 3 rings (SSSR count). The zero-order chi connectivity index (χ0) is 15.6. The van der Waals surface area contributed by atoms with E-state index in [-0.39, 0.29) is 12.5 Å². The average molecular weight is 337 g/mol. The molecule has 0 aromatic carbocycles. The van der Waals surface area contributed by atoms with Crippen molar-refractivity contribution >= 4 is 28.8 Å². The fourth-order valence-corrected chi connectivity index (χ4v) is 4.54. The van der Waals surface area contributed by atoms with Crippen LogP contribution in [0.4, 0.5) is 0 Å². The van der Waals surface area contributed by atoms with E-state index >= 15 is 0 Å². The molecule has 2 aromatic heterocycles. The highest BCUT2D eigenvalue weighted by Crippen LogP contribution is 2.37. The Morgan fingerprint density at radius 1 is 1.55 bits per heavy atom. The minimum Gasteiger partial charge on any atom is -0.383 e. The first-order valence-electron chi connectivity index (χ1n) is 7.52. The Morgan fingerprint density at radius 3 is 3.23 bits per heavy atom. The van der Waals surface area contributed by atoms with E-state index in [4.69, 9.17) is 0 Å². The molecule has 22 heavy (non-hydrogen) atoms. The van der Waals surface area contributed by atoms with Crippen molar-refractivity contribution in [1.82, 2.24) is 14.9 Å². The number of carbonyl (C=O) groups is 1. The van der Waals surface area contributed by atoms with Gasteiger partial charge in [0.15, 0.2) is 0 Å². The van der Waals surface area contributed by atoms with E-state index < -0.39 is 5.60 Å². The molecule has 0 bridgehead atoms. The van der Waals surface area contributed by atoms with Gasteiger partial charge in [-0.3, -0.25) is 4.79 Å². The van der Waals surface area contributed by atoms with E-state index in [9.17, 15) is 9.90 Å². The molecule has 7 heteroatoms. The fraction of sp³-hybridized carbons (Fsp3) is 0.533. The first kappa shape index (κ1) is 15.6. The number of aliphatic hydroxyl groups is 1. The molecule has 2 N–H and O–H groups in total. The Bertz CT molecular complexity index is 667. The summed E-state index contributed by atoms with van der Waals surface area (Å²) in [6.45, 7) is 2.28. The van der Waals surface area contributed by atoms with Crippen LogP contribution in [0.15, 0.2) is 11.4 Å². The number of nitrogens with zero attached hydrogens (tertiary/aromatic N) is 2. The molecule has 1 unspecified atom stereocenters. The van der Waals surface area contributed by atoms with Crippen LogP contribution >= 0.6 is 22.9 Å². The van der Waals surface area contributed by atoms with Crippen molar-refractivity contribution < 1.29 is 9.90 Å². The van der Waals surface area contributed by atoms with Gasteiger partial charge in [0, 0.05) is 4.88 Å². The van der Waals surface area contributed by atoms with Crippen LogP contribution in [0, 0.1) is 0 Å². The van der Waals surface area contributed by atoms with Gasteiger partial charge in [0.05, 0.1) is 12.2 Å². The van der Waals surface area contributed by atoms with Crippen LogP contribution in [0.2, 0.25) is 0 Å². The lowest BCUT2D eigenvalue weighted by Gasteiger charge is -2.32. The number of fused-ring (bicyclic) bond motifs is 1. The number of hydrogen-bond acceptors (Lipinski definition) is 6. The van der Waals surface area contributed by atoms with E-state index in [1.165, 1.54) is 4.88 Å². The molecule has 0 radical (unpaired) electrons. The van der Waals surface area contributed by atoms with Gasteiger partial charge in [-0.1, -0.05) is 17.8 Å². The minimum absolute atomic E-state index is 0.186. The van der Waals surface area contributed by atoms with E-state index in [2.05, 4.69) is 14.9 Å². The summed E-state index contributed by atoms with van der Waals surface area (Å²) in [5, 5.41) is 19.8. The molecule has 0 fully saturated rings. The number of nitrogens with one attached hydrogen (secondary N) is 1. The first-order chi connectivity index (χ1) is 10.6. The van der Waals surface area contributed by atoms with Crippen LogP contribution < -0.4 is 5.32 Å². The van der Waals surface area contributed by atoms with E-state index in [0.29, 0.717) is 11.3 Å². The molecule has 2 aromatic rings. The molecule has 2 heterocycles. The van der Waals surface area contributed by atoms with Crippen molar-refractivity contribution in [2.24, 2.45) is 0 Å². The van der Waals surface area contributed by atoms with Crippen molar-refractivity contribution in [2.75, 3.05) is 6.54 Å². The third-order valence-electron chi connectivity index (χ3n) is 4.03. The summed E-state index contributed by atoms with van der Waals surface area (Å²) in [5.41, 5.74) is 0.767. The van der Waals surface area contributed by atoms with Crippen molar-refractivity contribution in [3.05, 3.63) is 32.5 Å².